The van der Waals surface area contributed by atoms with E-state index in [1.54, 1.807) is 6.20 Å². The number of pyridine rings is 1. The fraction of sp³-hybridized carbons (Fsp3) is 0. The number of carbonyl (C=O) groups excluding carboxylic acids is 1. The number of aromatic nitrogens is 3. The molecule has 3 heterocycles. The Hall–Kier alpha value is -2.11. The number of amides is 1. The third-order valence-corrected chi connectivity index (χ3v) is 1.92. The minimum absolute atomic E-state index is 0.342. The zero-order valence-electron chi connectivity index (χ0n) is 6.35. The molecule has 0 unspecified atom stereocenters. The van der Waals surface area contributed by atoms with Gasteiger partial charge in [0.25, 0.3) is 5.91 Å². The standard InChI is InChI=1S/C7H3N5O/c13-7-4-1-8-6-3(2-9-11-6)5(4)10-12-7/h1-2H,(H,8,9,11). The van der Waals surface area contributed by atoms with Crippen molar-refractivity contribution >= 4 is 22.6 Å². The van der Waals surface area contributed by atoms with Gasteiger partial charge in [0.2, 0.25) is 0 Å². The van der Waals surface area contributed by atoms with Crippen LogP contribution >= 0.6 is 0 Å². The van der Waals surface area contributed by atoms with Crippen molar-refractivity contribution in [1.29, 1.82) is 0 Å². The molecule has 13 heavy (non-hydrogen) atoms. The summed E-state index contributed by atoms with van der Waals surface area (Å²) in [5, 5.41) is 14.4. The summed E-state index contributed by atoms with van der Waals surface area (Å²) in [7, 11) is 0. The molecule has 3 rings (SSSR count). The second-order valence-corrected chi connectivity index (χ2v) is 2.66. The van der Waals surface area contributed by atoms with Gasteiger partial charge in [0.05, 0.1) is 17.1 Å². The number of nitrogens with one attached hydrogen (secondary N) is 1. The Bertz CT molecular complexity index is 541. The number of aromatic amines is 1. The van der Waals surface area contributed by atoms with Crippen LogP contribution in [0.25, 0.3) is 11.0 Å². The largest absolute Gasteiger partial charge is 0.299 e. The summed E-state index contributed by atoms with van der Waals surface area (Å²) in [5.74, 6) is -0.342. The number of fused-ring (bicyclic) bond motifs is 3. The van der Waals surface area contributed by atoms with Crippen molar-refractivity contribution in [3.05, 3.63) is 18.0 Å². The molecule has 1 N–H and O–H groups in total. The molecule has 6 heteroatoms. The first-order chi connectivity index (χ1) is 6.36. The molecule has 0 saturated heterocycles. The number of azo groups is 1. The van der Waals surface area contributed by atoms with Gasteiger partial charge in [0.1, 0.15) is 5.69 Å². The van der Waals surface area contributed by atoms with Crippen LogP contribution in [0.15, 0.2) is 22.6 Å². The Morgan fingerprint density at radius 3 is 3.08 bits per heavy atom. The Labute approximate surface area is 71.7 Å². The van der Waals surface area contributed by atoms with E-state index in [0.717, 1.165) is 5.39 Å². The summed E-state index contributed by atoms with van der Waals surface area (Å²) in [5.41, 5.74) is 1.62. The van der Waals surface area contributed by atoms with Crippen molar-refractivity contribution in [2.24, 2.45) is 10.2 Å². The van der Waals surface area contributed by atoms with Crippen LogP contribution < -0.4 is 0 Å². The van der Waals surface area contributed by atoms with E-state index >= 15 is 0 Å². The van der Waals surface area contributed by atoms with Gasteiger partial charge in [-0.3, -0.25) is 9.89 Å². The molecule has 2 aromatic heterocycles. The monoisotopic (exact) mass is 173 g/mol. The fourth-order valence-electron chi connectivity index (χ4n) is 1.30. The number of carbonyl (C=O) groups is 1. The lowest BCUT2D eigenvalue weighted by molar-refractivity contribution is 0.100. The van der Waals surface area contributed by atoms with Gasteiger partial charge in [0, 0.05) is 6.20 Å². The van der Waals surface area contributed by atoms with E-state index < -0.39 is 0 Å². The summed E-state index contributed by atoms with van der Waals surface area (Å²) >= 11 is 0. The van der Waals surface area contributed by atoms with Crippen LogP contribution in [0.3, 0.4) is 0 Å². The van der Waals surface area contributed by atoms with Crippen LogP contribution in [0.2, 0.25) is 0 Å². The van der Waals surface area contributed by atoms with Crippen LogP contribution in [0.1, 0.15) is 10.4 Å². The SMILES string of the molecule is O=C1N=Nc2c1cnc1[nH]ncc21. The molecular formula is C7H3N5O. The molecule has 1 amide bonds. The molecular weight excluding hydrogens is 170 g/mol. The van der Waals surface area contributed by atoms with Gasteiger partial charge in [-0.2, -0.15) is 5.10 Å². The normalized spacial score (nSPS) is 14.0. The molecule has 0 atom stereocenters. The van der Waals surface area contributed by atoms with E-state index in [0.29, 0.717) is 16.9 Å². The molecule has 0 bridgehead atoms. The molecule has 0 aliphatic carbocycles. The zero-order chi connectivity index (χ0) is 8.84. The highest BCUT2D eigenvalue weighted by Crippen LogP contribution is 2.32. The summed E-state index contributed by atoms with van der Waals surface area (Å²) in [6.45, 7) is 0. The van der Waals surface area contributed by atoms with Crippen molar-refractivity contribution in [3.8, 4) is 0 Å². The van der Waals surface area contributed by atoms with E-state index in [9.17, 15) is 4.79 Å². The fourth-order valence-corrected chi connectivity index (χ4v) is 1.30. The Morgan fingerprint density at radius 2 is 2.15 bits per heavy atom. The number of hydrogen-bond acceptors (Lipinski definition) is 4. The number of rotatable bonds is 0. The van der Waals surface area contributed by atoms with Gasteiger partial charge in [0.15, 0.2) is 5.65 Å². The zero-order valence-corrected chi connectivity index (χ0v) is 6.35. The maximum atomic E-state index is 11.1. The minimum Gasteiger partial charge on any atom is -0.265 e. The highest BCUT2D eigenvalue weighted by atomic mass is 16.2. The molecule has 0 radical (unpaired) electrons. The van der Waals surface area contributed by atoms with Crippen molar-refractivity contribution in [3.63, 3.8) is 0 Å². The average Bonchev–Trinajstić information content (AvgIpc) is 2.70. The second kappa shape index (κ2) is 1.98. The van der Waals surface area contributed by atoms with Crippen molar-refractivity contribution in [2.75, 3.05) is 0 Å². The molecule has 1 aliphatic heterocycles. The van der Waals surface area contributed by atoms with Gasteiger partial charge in [-0.1, -0.05) is 0 Å². The first-order valence-corrected chi connectivity index (χ1v) is 3.64. The minimum atomic E-state index is -0.342. The number of nitrogens with zero attached hydrogens (tertiary/aromatic N) is 4. The quantitative estimate of drug-likeness (QED) is 0.649. The lowest BCUT2D eigenvalue weighted by atomic mass is 10.2. The molecule has 2 aromatic rings. The van der Waals surface area contributed by atoms with Crippen LogP contribution in [-0.2, 0) is 0 Å². The molecule has 0 spiro atoms. The summed E-state index contributed by atoms with van der Waals surface area (Å²) in [4.78, 5) is 15.1. The topological polar surface area (TPSA) is 83.4 Å². The van der Waals surface area contributed by atoms with Gasteiger partial charge in [-0.25, -0.2) is 4.98 Å². The molecule has 62 valence electrons. The molecule has 0 saturated carbocycles. The third kappa shape index (κ3) is 0.689. The van der Waals surface area contributed by atoms with E-state index in [-0.39, 0.29) is 5.91 Å². The van der Waals surface area contributed by atoms with Gasteiger partial charge in [-0.05, 0) is 0 Å². The average molecular weight is 173 g/mol. The van der Waals surface area contributed by atoms with Crippen molar-refractivity contribution in [2.45, 2.75) is 0 Å². The van der Waals surface area contributed by atoms with Crippen LogP contribution in [0, 0.1) is 0 Å². The number of H-pyrrole nitrogens is 1. The number of hydrogen-bond donors (Lipinski definition) is 1. The summed E-state index contributed by atoms with van der Waals surface area (Å²) in [6.07, 6.45) is 3.04. The van der Waals surface area contributed by atoms with Crippen molar-refractivity contribution in [1.82, 2.24) is 15.2 Å². The van der Waals surface area contributed by atoms with Gasteiger partial charge < -0.3 is 0 Å². The van der Waals surface area contributed by atoms with Gasteiger partial charge >= 0.3 is 0 Å². The molecule has 1 aliphatic rings. The van der Waals surface area contributed by atoms with E-state index in [2.05, 4.69) is 25.4 Å². The second-order valence-electron chi connectivity index (χ2n) is 2.66. The Morgan fingerprint density at radius 1 is 1.23 bits per heavy atom. The Kier molecular flexibility index (Phi) is 0.974. The lowest BCUT2D eigenvalue weighted by Crippen LogP contribution is -1.90. The van der Waals surface area contributed by atoms with Crippen LogP contribution in [-0.4, -0.2) is 21.1 Å². The Balaban J connectivity index is 2.52. The maximum absolute atomic E-state index is 11.1. The first-order valence-electron chi connectivity index (χ1n) is 3.64. The van der Waals surface area contributed by atoms with Crippen LogP contribution in [0.5, 0.6) is 0 Å². The molecule has 0 fully saturated rings. The van der Waals surface area contributed by atoms with Crippen molar-refractivity contribution < 1.29 is 4.79 Å². The predicted molar refractivity (Wildman–Crippen MR) is 42.7 cm³/mol. The summed E-state index contributed by atoms with van der Waals surface area (Å²) < 4.78 is 0. The highest BCUT2D eigenvalue weighted by Gasteiger charge is 2.20. The maximum Gasteiger partial charge on any atom is 0.299 e. The molecule has 0 aromatic carbocycles. The highest BCUT2D eigenvalue weighted by molar-refractivity contribution is 6.07. The summed E-state index contributed by atoms with van der Waals surface area (Å²) in [6, 6.07) is 0. The smallest absolute Gasteiger partial charge is 0.265 e. The van der Waals surface area contributed by atoms with E-state index in [1.165, 1.54) is 6.20 Å². The van der Waals surface area contributed by atoms with E-state index in [4.69, 9.17) is 0 Å². The van der Waals surface area contributed by atoms with Crippen LogP contribution in [0.4, 0.5) is 5.69 Å². The third-order valence-electron chi connectivity index (χ3n) is 1.92. The molecule has 6 nitrogen and oxygen atoms in total. The first kappa shape index (κ1) is 6.41. The van der Waals surface area contributed by atoms with E-state index in [1.807, 2.05) is 0 Å². The lowest BCUT2D eigenvalue weighted by Gasteiger charge is -1.92. The predicted octanol–water partition coefficient (Wildman–Crippen LogP) is 1.20. The van der Waals surface area contributed by atoms with Gasteiger partial charge in [-0.15, -0.1) is 10.2 Å².